The van der Waals surface area contributed by atoms with Gasteiger partial charge in [-0.3, -0.25) is 4.79 Å². The molecular formula is C23H18O5. The highest BCUT2D eigenvalue weighted by Crippen LogP contribution is 2.61. The average molecular weight is 374 g/mol. The van der Waals surface area contributed by atoms with Crippen LogP contribution in [0.2, 0.25) is 0 Å². The molecule has 140 valence electrons. The van der Waals surface area contributed by atoms with E-state index in [4.69, 9.17) is 9.47 Å². The van der Waals surface area contributed by atoms with Crippen LogP contribution in [0, 0.1) is 5.92 Å². The standard InChI is InChI=1S/C23H18O5/c1-2-27-22(26)15-6-4-3-5-14(15)21-16-8-7-13(24)11-20(16)28-23-12-18(23)19(25)10-9-17(21)23/h3-11,18,24H,2,12H2,1H3. The molecule has 0 bridgehead atoms. The molecule has 2 aromatic carbocycles. The van der Waals surface area contributed by atoms with Crippen molar-refractivity contribution in [2.45, 2.75) is 18.9 Å². The lowest BCUT2D eigenvalue weighted by molar-refractivity contribution is -0.117. The zero-order valence-electron chi connectivity index (χ0n) is 15.3. The van der Waals surface area contributed by atoms with E-state index in [1.165, 1.54) is 0 Å². The van der Waals surface area contributed by atoms with Gasteiger partial charge in [0, 0.05) is 29.2 Å². The molecule has 0 aromatic heterocycles. The lowest BCUT2D eigenvalue weighted by Gasteiger charge is -2.33. The number of carbonyl (C=O) groups is 2. The van der Waals surface area contributed by atoms with Crippen molar-refractivity contribution in [1.82, 2.24) is 0 Å². The normalized spacial score (nSPS) is 24.0. The Bertz CT molecular complexity index is 1090. The number of fused-ring (bicyclic) bond motifs is 1. The van der Waals surface area contributed by atoms with Crippen molar-refractivity contribution in [1.29, 1.82) is 0 Å². The van der Waals surface area contributed by atoms with E-state index >= 15 is 0 Å². The Morgan fingerprint density at radius 1 is 1.21 bits per heavy atom. The van der Waals surface area contributed by atoms with E-state index in [1.807, 2.05) is 12.1 Å². The van der Waals surface area contributed by atoms with Crippen LogP contribution >= 0.6 is 0 Å². The van der Waals surface area contributed by atoms with Crippen molar-refractivity contribution >= 4 is 17.3 Å². The van der Waals surface area contributed by atoms with Crippen LogP contribution in [0.25, 0.3) is 5.57 Å². The first-order valence-electron chi connectivity index (χ1n) is 9.31. The molecule has 0 saturated heterocycles. The molecule has 1 spiro atoms. The topological polar surface area (TPSA) is 72.8 Å². The third-order valence-corrected chi connectivity index (χ3v) is 5.61. The fourth-order valence-corrected chi connectivity index (χ4v) is 4.28. The Kier molecular flexibility index (Phi) is 3.50. The van der Waals surface area contributed by atoms with Gasteiger partial charge < -0.3 is 14.6 Å². The van der Waals surface area contributed by atoms with Gasteiger partial charge in [-0.15, -0.1) is 0 Å². The van der Waals surface area contributed by atoms with E-state index in [2.05, 4.69) is 0 Å². The van der Waals surface area contributed by atoms with Gasteiger partial charge in [-0.05, 0) is 36.8 Å². The van der Waals surface area contributed by atoms with Gasteiger partial charge in [-0.25, -0.2) is 4.79 Å². The zero-order valence-corrected chi connectivity index (χ0v) is 15.3. The van der Waals surface area contributed by atoms with Gasteiger partial charge in [-0.2, -0.15) is 0 Å². The second-order valence-electron chi connectivity index (χ2n) is 7.22. The van der Waals surface area contributed by atoms with Crippen molar-refractivity contribution in [3.8, 4) is 11.5 Å². The molecule has 2 aliphatic carbocycles. The van der Waals surface area contributed by atoms with Gasteiger partial charge in [0.2, 0.25) is 0 Å². The molecule has 5 rings (SSSR count). The third kappa shape index (κ3) is 2.26. The predicted molar refractivity (Wildman–Crippen MR) is 102 cm³/mol. The SMILES string of the molecule is CCOC(=O)c1ccccc1C1=C2C=CC(=O)C3CC23Oc2cc(O)ccc21. The molecule has 5 heteroatoms. The van der Waals surface area contributed by atoms with E-state index in [0.717, 1.165) is 22.3 Å². The van der Waals surface area contributed by atoms with E-state index in [0.29, 0.717) is 17.7 Å². The van der Waals surface area contributed by atoms with E-state index in [1.54, 1.807) is 49.4 Å². The number of rotatable bonds is 3. The van der Waals surface area contributed by atoms with E-state index < -0.39 is 11.6 Å². The fraction of sp³-hybridized carbons (Fsp3) is 0.217. The Morgan fingerprint density at radius 2 is 2.04 bits per heavy atom. The minimum Gasteiger partial charge on any atom is -0.508 e. The molecule has 3 aliphatic rings. The molecule has 1 fully saturated rings. The van der Waals surface area contributed by atoms with Gasteiger partial charge in [0.25, 0.3) is 0 Å². The third-order valence-electron chi connectivity index (χ3n) is 5.61. The summed E-state index contributed by atoms with van der Waals surface area (Å²) in [6, 6.07) is 12.2. The first kappa shape index (κ1) is 16.8. The quantitative estimate of drug-likeness (QED) is 0.830. The maximum Gasteiger partial charge on any atom is 0.338 e. The lowest BCUT2D eigenvalue weighted by Crippen LogP contribution is -2.32. The number of phenolic OH excluding ortho intramolecular Hbond substituents is 1. The number of hydrogen-bond acceptors (Lipinski definition) is 5. The summed E-state index contributed by atoms with van der Waals surface area (Å²) in [6.07, 6.45) is 3.99. The fourth-order valence-electron chi connectivity index (χ4n) is 4.28. The Labute approximate surface area is 161 Å². The number of phenols is 1. The number of benzene rings is 2. The summed E-state index contributed by atoms with van der Waals surface area (Å²) in [5, 5.41) is 9.95. The molecule has 2 aromatic rings. The molecule has 1 aliphatic heterocycles. The van der Waals surface area contributed by atoms with Crippen molar-refractivity contribution in [3.63, 3.8) is 0 Å². The van der Waals surface area contributed by atoms with Crippen LogP contribution in [-0.2, 0) is 9.53 Å². The summed E-state index contributed by atoms with van der Waals surface area (Å²) in [4.78, 5) is 24.8. The molecule has 1 heterocycles. The summed E-state index contributed by atoms with van der Waals surface area (Å²) < 4.78 is 11.5. The van der Waals surface area contributed by atoms with Gasteiger partial charge in [-0.1, -0.05) is 24.3 Å². The molecule has 5 nitrogen and oxygen atoms in total. The summed E-state index contributed by atoms with van der Waals surface area (Å²) in [6.45, 7) is 2.06. The smallest absolute Gasteiger partial charge is 0.338 e. The van der Waals surface area contributed by atoms with Crippen LogP contribution in [-0.4, -0.2) is 29.1 Å². The average Bonchev–Trinajstić information content (AvgIpc) is 3.41. The predicted octanol–water partition coefficient (Wildman–Crippen LogP) is 3.66. The van der Waals surface area contributed by atoms with Gasteiger partial charge in [0.1, 0.15) is 17.1 Å². The summed E-state index contributed by atoms with van der Waals surface area (Å²) in [7, 11) is 0. The monoisotopic (exact) mass is 374 g/mol. The number of esters is 1. The van der Waals surface area contributed by atoms with Crippen molar-refractivity contribution < 1.29 is 24.2 Å². The first-order valence-corrected chi connectivity index (χ1v) is 9.31. The van der Waals surface area contributed by atoms with Gasteiger partial charge in [0.15, 0.2) is 5.78 Å². The van der Waals surface area contributed by atoms with Gasteiger partial charge in [0.05, 0.1) is 18.1 Å². The Hall–Kier alpha value is -3.34. The van der Waals surface area contributed by atoms with Crippen LogP contribution in [0.4, 0.5) is 0 Å². The zero-order chi connectivity index (χ0) is 19.5. The second kappa shape index (κ2) is 5.83. The molecule has 2 atom stereocenters. The summed E-state index contributed by atoms with van der Waals surface area (Å²) >= 11 is 0. The molecule has 1 saturated carbocycles. The van der Waals surface area contributed by atoms with Crippen molar-refractivity contribution in [3.05, 3.63) is 76.9 Å². The number of allylic oxidation sites excluding steroid dienone is 1. The van der Waals surface area contributed by atoms with Crippen LogP contribution < -0.4 is 4.74 Å². The van der Waals surface area contributed by atoms with E-state index in [-0.39, 0.29) is 24.1 Å². The highest BCUT2D eigenvalue weighted by molar-refractivity contribution is 6.05. The highest BCUT2D eigenvalue weighted by Gasteiger charge is 2.65. The maximum absolute atomic E-state index is 12.6. The minimum atomic E-state index is -0.719. The Balaban J connectivity index is 1.80. The number of ether oxygens (including phenoxy) is 2. The largest absolute Gasteiger partial charge is 0.508 e. The number of hydrogen-bond donors (Lipinski definition) is 1. The number of aromatic hydroxyl groups is 1. The molecule has 28 heavy (non-hydrogen) atoms. The van der Waals surface area contributed by atoms with Crippen molar-refractivity contribution in [2.24, 2.45) is 5.92 Å². The Morgan fingerprint density at radius 3 is 2.86 bits per heavy atom. The minimum absolute atomic E-state index is 0.0466. The summed E-state index contributed by atoms with van der Waals surface area (Å²) in [5.41, 5.74) is 2.99. The molecule has 1 N–H and O–H groups in total. The molecule has 0 radical (unpaired) electrons. The van der Waals surface area contributed by atoms with Crippen LogP contribution in [0.3, 0.4) is 0 Å². The maximum atomic E-state index is 12.6. The lowest BCUT2D eigenvalue weighted by atomic mass is 9.82. The van der Waals surface area contributed by atoms with Crippen LogP contribution in [0.5, 0.6) is 11.5 Å². The van der Waals surface area contributed by atoms with Crippen LogP contribution in [0.1, 0.15) is 34.8 Å². The molecule has 2 unspecified atom stereocenters. The molecule has 0 amide bonds. The second-order valence-corrected chi connectivity index (χ2v) is 7.22. The van der Waals surface area contributed by atoms with E-state index in [9.17, 15) is 14.7 Å². The summed E-state index contributed by atoms with van der Waals surface area (Å²) in [5.74, 6) is 0.0305. The highest BCUT2D eigenvalue weighted by atomic mass is 16.5. The number of ketones is 1. The first-order chi connectivity index (χ1) is 13.5. The molecular weight excluding hydrogens is 356 g/mol. The van der Waals surface area contributed by atoms with Gasteiger partial charge >= 0.3 is 5.97 Å². The number of carbonyl (C=O) groups excluding carboxylic acids is 2. The van der Waals surface area contributed by atoms with Crippen molar-refractivity contribution in [2.75, 3.05) is 6.61 Å². The van der Waals surface area contributed by atoms with Crippen LogP contribution in [0.15, 0.2) is 60.2 Å².